The van der Waals surface area contributed by atoms with Crippen LogP contribution >= 0.6 is 11.6 Å². The summed E-state index contributed by atoms with van der Waals surface area (Å²) in [5, 5.41) is 8.49. The van der Waals surface area contributed by atoms with Crippen LogP contribution in [0.15, 0.2) is 6.20 Å². The highest BCUT2D eigenvalue weighted by Gasteiger charge is 2.21. The largest absolute Gasteiger partial charge is 0.312 e. The quantitative estimate of drug-likeness (QED) is 0.840. The van der Waals surface area contributed by atoms with Crippen molar-refractivity contribution in [3.63, 3.8) is 0 Å². The topological polar surface area (TPSA) is 29.9 Å². The number of rotatable bonds is 6. The first kappa shape index (κ1) is 14.5. The third-order valence-electron chi connectivity index (χ3n) is 3.29. The second-order valence-electron chi connectivity index (χ2n) is 5.01. The number of aromatic nitrogens is 2. The molecule has 4 heteroatoms. The van der Waals surface area contributed by atoms with E-state index < -0.39 is 0 Å². The van der Waals surface area contributed by atoms with Crippen LogP contribution in [-0.4, -0.2) is 16.8 Å². The minimum atomic E-state index is 0.280. The zero-order valence-corrected chi connectivity index (χ0v) is 12.3. The van der Waals surface area contributed by atoms with E-state index in [1.165, 1.54) is 6.42 Å². The van der Waals surface area contributed by atoms with Crippen LogP contribution in [0.1, 0.15) is 58.3 Å². The van der Waals surface area contributed by atoms with Gasteiger partial charge in [0.15, 0.2) is 0 Å². The van der Waals surface area contributed by atoms with Gasteiger partial charge in [0, 0.05) is 6.04 Å². The van der Waals surface area contributed by atoms with Crippen molar-refractivity contribution in [1.29, 1.82) is 0 Å². The van der Waals surface area contributed by atoms with Gasteiger partial charge in [-0.3, -0.25) is 4.68 Å². The lowest BCUT2D eigenvalue weighted by molar-refractivity contribution is 0.387. The van der Waals surface area contributed by atoms with E-state index in [0.29, 0.717) is 12.0 Å². The molecule has 0 bridgehead atoms. The summed E-state index contributed by atoms with van der Waals surface area (Å²) in [5.74, 6) is 0.680. The zero-order chi connectivity index (χ0) is 13.0. The lowest BCUT2D eigenvalue weighted by Gasteiger charge is -2.23. The Morgan fingerprint density at radius 1 is 1.41 bits per heavy atom. The summed E-state index contributed by atoms with van der Waals surface area (Å²) in [6, 6.07) is 0.618. The van der Waals surface area contributed by atoms with Crippen LogP contribution in [0, 0.1) is 5.92 Å². The summed E-state index contributed by atoms with van der Waals surface area (Å²) < 4.78 is 2.02. The van der Waals surface area contributed by atoms with Gasteiger partial charge in [-0.2, -0.15) is 5.10 Å². The predicted molar refractivity (Wildman–Crippen MR) is 73.5 cm³/mol. The molecule has 0 aliphatic carbocycles. The van der Waals surface area contributed by atoms with Crippen molar-refractivity contribution in [3.8, 4) is 0 Å². The second-order valence-corrected chi connectivity index (χ2v) is 5.41. The molecular weight excluding hydrogens is 234 g/mol. The van der Waals surface area contributed by atoms with Crippen molar-refractivity contribution < 1.29 is 0 Å². The molecule has 0 aliphatic heterocycles. The van der Waals surface area contributed by atoms with E-state index in [1.54, 1.807) is 6.20 Å². The molecule has 0 spiro atoms. The summed E-state index contributed by atoms with van der Waals surface area (Å²) in [4.78, 5) is 0. The van der Waals surface area contributed by atoms with Crippen molar-refractivity contribution in [1.82, 2.24) is 15.1 Å². The number of hydrogen-bond donors (Lipinski definition) is 1. The molecule has 0 aliphatic rings. The Balaban J connectivity index is 2.98. The van der Waals surface area contributed by atoms with Crippen molar-refractivity contribution in [2.75, 3.05) is 7.05 Å². The third-order valence-corrected chi connectivity index (χ3v) is 3.58. The van der Waals surface area contributed by atoms with Crippen LogP contribution in [0.2, 0.25) is 5.02 Å². The minimum absolute atomic E-state index is 0.280. The molecule has 1 aromatic heterocycles. The Morgan fingerprint density at radius 3 is 2.53 bits per heavy atom. The van der Waals surface area contributed by atoms with E-state index in [9.17, 15) is 0 Å². The molecule has 17 heavy (non-hydrogen) atoms. The summed E-state index contributed by atoms with van der Waals surface area (Å²) in [5.41, 5.74) is 1.12. The number of nitrogens with one attached hydrogen (secondary N) is 1. The lowest BCUT2D eigenvalue weighted by Crippen LogP contribution is -2.23. The third kappa shape index (κ3) is 3.46. The second kappa shape index (κ2) is 6.41. The summed E-state index contributed by atoms with van der Waals surface area (Å²) >= 11 is 6.27. The monoisotopic (exact) mass is 257 g/mol. The van der Waals surface area contributed by atoms with Crippen LogP contribution in [0.25, 0.3) is 0 Å². The Bertz CT molecular complexity index is 346. The van der Waals surface area contributed by atoms with Gasteiger partial charge in [0.25, 0.3) is 0 Å². The van der Waals surface area contributed by atoms with E-state index in [0.717, 1.165) is 17.1 Å². The maximum absolute atomic E-state index is 6.27. The van der Waals surface area contributed by atoms with Gasteiger partial charge >= 0.3 is 0 Å². The van der Waals surface area contributed by atoms with Gasteiger partial charge in [0.2, 0.25) is 0 Å². The average Bonchev–Trinajstić information content (AvgIpc) is 2.67. The van der Waals surface area contributed by atoms with Crippen LogP contribution < -0.4 is 5.32 Å². The molecule has 1 N–H and O–H groups in total. The van der Waals surface area contributed by atoms with Gasteiger partial charge in [-0.05, 0) is 33.2 Å². The number of nitrogens with zero attached hydrogens (tertiary/aromatic N) is 2. The molecule has 0 fully saturated rings. The molecule has 0 radical (unpaired) electrons. The molecule has 2 atom stereocenters. The molecule has 1 aromatic rings. The SMILES string of the molecule is CCC(C)CC(NC)c1c(Cl)cnn1C(C)C. The van der Waals surface area contributed by atoms with Crippen molar-refractivity contribution in [2.24, 2.45) is 5.92 Å². The molecular formula is C13H24ClN3. The minimum Gasteiger partial charge on any atom is -0.312 e. The van der Waals surface area contributed by atoms with Crippen LogP contribution in [-0.2, 0) is 0 Å². The molecule has 0 aromatic carbocycles. The Morgan fingerprint density at radius 2 is 2.06 bits per heavy atom. The normalized spacial score (nSPS) is 15.2. The Hall–Kier alpha value is -0.540. The highest BCUT2D eigenvalue weighted by atomic mass is 35.5. The smallest absolute Gasteiger partial charge is 0.0834 e. The lowest BCUT2D eigenvalue weighted by atomic mass is 9.97. The summed E-state index contributed by atoms with van der Waals surface area (Å²) in [6.07, 6.45) is 4.02. The maximum Gasteiger partial charge on any atom is 0.0834 e. The van der Waals surface area contributed by atoms with Gasteiger partial charge in [0.05, 0.1) is 23.0 Å². The average molecular weight is 258 g/mol. The van der Waals surface area contributed by atoms with Gasteiger partial charge in [0.1, 0.15) is 0 Å². The highest BCUT2D eigenvalue weighted by molar-refractivity contribution is 6.31. The van der Waals surface area contributed by atoms with E-state index in [4.69, 9.17) is 11.6 Å². The fraction of sp³-hybridized carbons (Fsp3) is 0.769. The summed E-state index contributed by atoms with van der Waals surface area (Å²) in [6.45, 7) is 8.75. The molecule has 0 saturated heterocycles. The zero-order valence-electron chi connectivity index (χ0n) is 11.5. The first-order chi connectivity index (χ1) is 8.01. The van der Waals surface area contributed by atoms with Crippen molar-refractivity contribution in [2.45, 2.75) is 52.6 Å². The predicted octanol–water partition coefficient (Wildman–Crippen LogP) is 3.81. The first-order valence-corrected chi connectivity index (χ1v) is 6.79. The first-order valence-electron chi connectivity index (χ1n) is 6.41. The van der Waals surface area contributed by atoms with Crippen LogP contribution in [0.4, 0.5) is 0 Å². The Kier molecular flexibility index (Phi) is 5.47. The van der Waals surface area contributed by atoms with Gasteiger partial charge in [-0.15, -0.1) is 0 Å². The maximum atomic E-state index is 6.27. The van der Waals surface area contributed by atoms with Crippen molar-refractivity contribution >= 4 is 11.6 Å². The highest BCUT2D eigenvalue weighted by Crippen LogP contribution is 2.30. The molecule has 0 amide bonds. The fourth-order valence-corrected chi connectivity index (χ4v) is 2.29. The van der Waals surface area contributed by atoms with E-state index >= 15 is 0 Å². The van der Waals surface area contributed by atoms with Gasteiger partial charge in [-0.1, -0.05) is 31.9 Å². The van der Waals surface area contributed by atoms with Crippen LogP contribution in [0.3, 0.4) is 0 Å². The number of hydrogen-bond acceptors (Lipinski definition) is 2. The van der Waals surface area contributed by atoms with Crippen LogP contribution in [0.5, 0.6) is 0 Å². The van der Waals surface area contributed by atoms with E-state index in [-0.39, 0.29) is 6.04 Å². The van der Waals surface area contributed by atoms with E-state index in [2.05, 4.69) is 38.1 Å². The molecule has 98 valence electrons. The molecule has 2 unspecified atom stereocenters. The van der Waals surface area contributed by atoms with Gasteiger partial charge in [-0.25, -0.2) is 0 Å². The number of halogens is 1. The fourth-order valence-electron chi connectivity index (χ4n) is 2.02. The van der Waals surface area contributed by atoms with Crippen molar-refractivity contribution in [3.05, 3.63) is 16.9 Å². The molecule has 1 heterocycles. The molecule has 3 nitrogen and oxygen atoms in total. The molecule has 1 rings (SSSR count). The standard InChI is InChI=1S/C13H24ClN3/c1-6-10(4)7-12(15-5)13-11(14)8-16-17(13)9(2)3/h8-10,12,15H,6-7H2,1-5H3. The Labute approximate surface area is 110 Å². The van der Waals surface area contributed by atoms with E-state index in [1.807, 2.05) is 11.7 Å². The van der Waals surface area contributed by atoms with Gasteiger partial charge < -0.3 is 5.32 Å². The summed E-state index contributed by atoms with van der Waals surface area (Å²) in [7, 11) is 1.99. The molecule has 0 saturated carbocycles.